The number of unbranched alkanes of at least 4 members (excludes halogenated alkanes) is 1. The highest BCUT2D eigenvalue weighted by Crippen LogP contribution is 2.23. The zero-order chi connectivity index (χ0) is 26.5. The zero-order valence-corrected chi connectivity index (χ0v) is 22.7. The van der Waals surface area contributed by atoms with E-state index in [-0.39, 0.29) is 17.8 Å². The van der Waals surface area contributed by atoms with Gasteiger partial charge in [0, 0.05) is 63.6 Å². The van der Waals surface area contributed by atoms with Crippen molar-refractivity contribution in [3.63, 3.8) is 0 Å². The maximum absolute atomic E-state index is 12.4. The van der Waals surface area contributed by atoms with Crippen molar-refractivity contribution in [3.05, 3.63) is 34.9 Å². The van der Waals surface area contributed by atoms with Gasteiger partial charge >= 0.3 is 6.03 Å². The van der Waals surface area contributed by atoms with Gasteiger partial charge in [-0.15, -0.1) is 0 Å². The van der Waals surface area contributed by atoms with E-state index in [1.807, 2.05) is 29.2 Å². The van der Waals surface area contributed by atoms with Gasteiger partial charge in [-0.1, -0.05) is 6.07 Å². The average Bonchev–Trinajstić information content (AvgIpc) is 3.41. The Bertz CT molecular complexity index is 1060. The molecule has 2 aromatic rings. The van der Waals surface area contributed by atoms with Crippen LogP contribution in [0.4, 0.5) is 27.9 Å². The summed E-state index contributed by atoms with van der Waals surface area (Å²) in [6, 6.07) is 7.34. The van der Waals surface area contributed by atoms with Gasteiger partial charge in [-0.25, -0.2) is 9.78 Å². The molecule has 11 nitrogen and oxygen atoms in total. The molecule has 1 fully saturated rings. The van der Waals surface area contributed by atoms with Crippen molar-refractivity contribution < 1.29 is 14.4 Å². The van der Waals surface area contributed by atoms with Gasteiger partial charge in [-0.2, -0.15) is 4.98 Å². The lowest BCUT2D eigenvalue weighted by Gasteiger charge is -2.16. The van der Waals surface area contributed by atoms with E-state index in [2.05, 4.69) is 52.5 Å². The fourth-order valence-corrected chi connectivity index (χ4v) is 4.10. The highest BCUT2D eigenvalue weighted by molar-refractivity contribution is 9.10. The van der Waals surface area contributed by atoms with Gasteiger partial charge in [0.1, 0.15) is 5.82 Å². The molecule has 4 amide bonds. The van der Waals surface area contributed by atoms with Crippen molar-refractivity contribution in [3.8, 4) is 0 Å². The van der Waals surface area contributed by atoms with Gasteiger partial charge in [-0.05, 0) is 66.2 Å². The Hall–Kier alpha value is -3.41. The molecular weight excluding hydrogens is 540 g/mol. The van der Waals surface area contributed by atoms with Crippen molar-refractivity contribution in [1.82, 2.24) is 25.5 Å². The summed E-state index contributed by atoms with van der Waals surface area (Å²) < 4.78 is 0.730. The van der Waals surface area contributed by atoms with Crippen LogP contribution >= 0.6 is 15.9 Å². The minimum Gasteiger partial charge on any atom is -0.369 e. The number of carbonyl (C=O) groups excluding carboxylic acids is 3. The van der Waals surface area contributed by atoms with Gasteiger partial charge in [0.2, 0.25) is 17.8 Å². The number of aromatic nitrogens is 2. The second-order valence-corrected chi connectivity index (χ2v) is 9.64. The van der Waals surface area contributed by atoms with Crippen LogP contribution in [-0.2, 0) is 9.59 Å². The first-order chi connectivity index (χ1) is 17.9. The lowest BCUT2D eigenvalue weighted by molar-refractivity contribution is -0.121. The van der Waals surface area contributed by atoms with E-state index in [4.69, 9.17) is 0 Å². The Kier molecular flexibility index (Phi) is 11.4. The van der Waals surface area contributed by atoms with Gasteiger partial charge < -0.3 is 31.5 Å². The maximum atomic E-state index is 12.4. The molecule has 1 aromatic heterocycles. The van der Waals surface area contributed by atoms with Crippen LogP contribution in [0, 0.1) is 0 Å². The second kappa shape index (κ2) is 15.0. The number of hydrogen-bond acceptors (Lipinski definition) is 7. The van der Waals surface area contributed by atoms with Crippen LogP contribution in [0.25, 0.3) is 0 Å². The van der Waals surface area contributed by atoms with E-state index >= 15 is 0 Å². The number of rotatable bonds is 13. The molecule has 1 aliphatic heterocycles. The number of anilines is 4. The molecular formula is C25H35BrN8O3. The molecule has 0 atom stereocenters. The molecule has 12 heteroatoms. The molecule has 200 valence electrons. The van der Waals surface area contributed by atoms with Crippen molar-refractivity contribution in [2.75, 3.05) is 48.7 Å². The van der Waals surface area contributed by atoms with Crippen LogP contribution in [0.1, 0.15) is 45.4 Å². The third-order valence-electron chi connectivity index (χ3n) is 5.68. The first-order valence-corrected chi connectivity index (χ1v) is 13.4. The first-order valence-electron chi connectivity index (χ1n) is 12.6. The van der Waals surface area contributed by atoms with Crippen molar-refractivity contribution in [2.24, 2.45) is 0 Å². The number of carbonyl (C=O) groups is 3. The molecule has 2 heterocycles. The average molecular weight is 576 g/mol. The minimum atomic E-state index is -0.0841. The van der Waals surface area contributed by atoms with Crippen molar-refractivity contribution >= 4 is 56.9 Å². The smallest absolute Gasteiger partial charge is 0.321 e. The summed E-state index contributed by atoms with van der Waals surface area (Å²) in [5, 5.41) is 15.0. The Morgan fingerprint density at radius 3 is 2.54 bits per heavy atom. The molecule has 0 aliphatic carbocycles. The summed E-state index contributed by atoms with van der Waals surface area (Å²) in [5.74, 6) is 1.01. The molecule has 0 bridgehead atoms. The number of benzene rings is 1. The standard InChI is InChI=1S/C25H35BrN8O3/c1-18(35)27-11-3-2-10-22(36)28-12-7-13-29-23-21(26)17-30-24(33-23)31-19-8-6-9-20(16-19)32-25(37)34-14-4-5-15-34/h6,8-9,16-17H,2-5,7,10-15H2,1H3,(H,27,35)(H,28,36)(H,32,37)(H2,29,30,31,33). The van der Waals surface area contributed by atoms with E-state index < -0.39 is 0 Å². The van der Waals surface area contributed by atoms with Crippen LogP contribution in [0.15, 0.2) is 34.9 Å². The van der Waals surface area contributed by atoms with Crippen LogP contribution in [0.2, 0.25) is 0 Å². The molecule has 1 aliphatic rings. The summed E-state index contributed by atoms with van der Waals surface area (Å²) in [6.45, 7) is 4.84. The lowest BCUT2D eigenvalue weighted by Crippen LogP contribution is -2.32. The highest BCUT2D eigenvalue weighted by atomic mass is 79.9. The molecule has 3 rings (SSSR count). The quantitative estimate of drug-likeness (QED) is 0.229. The summed E-state index contributed by atoms with van der Waals surface area (Å²) in [5.41, 5.74) is 1.46. The van der Waals surface area contributed by atoms with Crippen LogP contribution in [0.5, 0.6) is 0 Å². The summed E-state index contributed by atoms with van der Waals surface area (Å²) >= 11 is 3.47. The summed E-state index contributed by atoms with van der Waals surface area (Å²) in [4.78, 5) is 45.8. The third-order valence-corrected chi connectivity index (χ3v) is 6.26. The van der Waals surface area contributed by atoms with Crippen molar-refractivity contribution in [1.29, 1.82) is 0 Å². The predicted octanol–water partition coefficient (Wildman–Crippen LogP) is 3.84. The molecule has 0 saturated carbocycles. The summed E-state index contributed by atoms with van der Waals surface area (Å²) in [7, 11) is 0. The first kappa shape index (κ1) is 28.2. The Labute approximate surface area is 225 Å². The van der Waals surface area contributed by atoms with E-state index in [1.54, 1.807) is 6.20 Å². The largest absolute Gasteiger partial charge is 0.369 e. The molecule has 1 saturated heterocycles. The molecule has 0 unspecified atom stereocenters. The zero-order valence-electron chi connectivity index (χ0n) is 21.1. The van der Waals surface area contributed by atoms with Crippen LogP contribution < -0.4 is 26.6 Å². The fourth-order valence-electron chi connectivity index (χ4n) is 3.76. The highest BCUT2D eigenvalue weighted by Gasteiger charge is 2.17. The van der Waals surface area contributed by atoms with E-state index in [9.17, 15) is 14.4 Å². The van der Waals surface area contributed by atoms with Crippen LogP contribution in [0.3, 0.4) is 0 Å². The van der Waals surface area contributed by atoms with Gasteiger partial charge in [-0.3, -0.25) is 9.59 Å². The Morgan fingerprint density at radius 2 is 1.76 bits per heavy atom. The molecule has 1 aromatic carbocycles. The van der Waals surface area contributed by atoms with Crippen molar-refractivity contribution in [2.45, 2.75) is 45.4 Å². The number of amides is 4. The molecule has 0 radical (unpaired) electrons. The molecule has 0 spiro atoms. The normalized spacial score (nSPS) is 12.6. The van der Waals surface area contributed by atoms with E-state index in [0.717, 1.165) is 55.4 Å². The van der Waals surface area contributed by atoms with Gasteiger partial charge in [0.25, 0.3) is 0 Å². The second-order valence-electron chi connectivity index (χ2n) is 8.79. The number of nitrogens with zero attached hydrogens (tertiary/aromatic N) is 3. The number of urea groups is 1. The number of nitrogens with one attached hydrogen (secondary N) is 5. The monoisotopic (exact) mass is 574 g/mol. The SMILES string of the molecule is CC(=O)NCCCCC(=O)NCCCNc1nc(Nc2cccc(NC(=O)N3CCCC3)c2)ncc1Br. The summed E-state index contributed by atoms with van der Waals surface area (Å²) in [6.07, 6.45) is 6.45. The number of likely N-dealkylation sites (tertiary alicyclic amines) is 1. The molecule has 37 heavy (non-hydrogen) atoms. The number of hydrogen-bond donors (Lipinski definition) is 5. The third kappa shape index (κ3) is 10.2. The lowest BCUT2D eigenvalue weighted by atomic mass is 10.2. The Balaban J connectivity index is 1.40. The topological polar surface area (TPSA) is 140 Å². The van der Waals surface area contributed by atoms with Crippen LogP contribution in [-0.4, -0.2) is 65.4 Å². The maximum Gasteiger partial charge on any atom is 0.321 e. The number of halogens is 1. The van der Waals surface area contributed by atoms with Gasteiger partial charge in [0.15, 0.2) is 0 Å². The van der Waals surface area contributed by atoms with Gasteiger partial charge in [0.05, 0.1) is 4.47 Å². The predicted molar refractivity (Wildman–Crippen MR) is 148 cm³/mol. The minimum absolute atomic E-state index is 0.0105. The fraction of sp³-hybridized carbons (Fsp3) is 0.480. The Morgan fingerprint density at radius 1 is 1.00 bits per heavy atom. The molecule has 5 N–H and O–H groups in total. The van der Waals surface area contributed by atoms with E-state index in [0.29, 0.717) is 43.5 Å². The van der Waals surface area contributed by atoms with E-state index in [1.165, 1.54) is 6.92 Å².